The first-order valence-corrected chi connectivity index (χ1v) is 2.38. The Bertz CT molecular complexity index is 270. The second-order valence-corrected chi connectivity index (χ2v) is 1.66. The molecule has 10 heavy (non-hydrogen) atoms. The molecule has 0 aliphatic rings. The van der Waals surface area contributed by atoms with Crippen LogP contribution in [0.2, 0.25) is 0 Å². The van der Waals surface area contributed by atoms with Crippen LogP contribution in [0, 0.1) is 6.92 Å². The van der Waals surface area contributed by atoms with Crippen LogP contribution in [0.25, 0.3) is 0 Å². The minimum Gasteiger partial charge on any atom is -0.335 e. The molecule has 56 valence electrons. The molecule has 0 aliphatic heterocycles. The van der Waals surface area contributed by atoms with Gasteiger partial charge in [0.1, 0.15) is 0 Å². The van der Waals surface area contributed by atoms with Crippen LogP contribution in [0.4, 0.5) is 0 Å². The number of aryl methyl sites for hydroxylation is 1. The van der Waals surface area contributed by atoms with Crippen LogP contribution in [0.1, 0.15) is 5.69 Å². The van der Waals surface area contributed by atoms with Crippen LogP contribution in [0.3, 0.4) is 0 Å². The predicted octanol–water partition coefficient (Wildman–Crippen LogP) is -0.918. The summed E-state index contributed by atoms with van der Waals surface area (Å²) in [6.45, 7) is 1.70. The van der Waals surface area contributed by atoms with Gasteiger partial charge in [0.15, 0.2) is 0 Å². The van der Waals surface area contributed by atoms with E-state index in [-0.39, 0.29) is 12.4 Å². The Balaban J connectivity index is 0.000000810. The van der Waals surface area contributed by atoms with Crippen LogP contribution in [0.5, 0.6) is 0 Å². The maximum Gasteiger partial charge on any atom is 0.384 e. The monoisotopic (exact) mass is 162 g/mol. The van der Waals surface area contributed by atoms with E-state index in [1.165, 1.54) is 6.20 Å². The third kappa shape index (κ3) is 1.70. The molecule has 0 aromatic carbocycles. The summed E-state index contributed by atoms with van der Waals surface area (Å²) in [6, 6.07) is 0. The summed E-state index contributed by atoms with van der Waals surface area (Å²) in [6.07, 6.45) is 1.41. The van der Waals surface area contributed by atoms with Crippen molar-refractivity contribution in [1.29, 1.82) is 0 Å². The maximum absolute atomic E-state index is 10.4. The molecule has 6 heteroatoms. The molecule has 1 rings (SSSR count). The smallest absolute Gasteiger partial charge is 0.335 e. The highest BCUT2D eigenvalue weighted by Gasteiger charge is 1.90. The Morgan fingerprint density at radius 2 is 2.20 bits per heavy atom. The van der Waals surface area contributed by atoms with Crippen LogP contribution in [-0.2, 0) is 0 Å². The van der Waals surface area contributed by atoms with Gasteiger partial charge in [-0.05, 0) is 6.92 Å². The average molecular weight is 163 g/mol. The van der Waals surface area contributed by atoms with Crippen LogP contribution in [0.15, 0.2) is 11.0 Å². The highest BCUT2D eigenvalue weighted by atomic mass is 35.5. The molecule has 0 bridgehead atoms. The van der Waals surface area contributed by atoms with Gasteiger partial charge in [-0.3, -0.25) is 0 Å². The Morgan fingerprint density at radius 1 is 1.60 bits per heavy atom. The third-order valence-corrected chi connectivity index (χ3v) is 0.840. The Labute approximate surface area is 63.3 Å². The van der Waals surface area contributed by atoms with E-state index in [4.69, 9.17) is 5.84 Å². The zero-order valence-electron chi connectivity index (χ0n) is 5.31. The predicted molar refractivity (Wildman–Crippen MR) is 38.4 cm³/mol. The largest absolute Gasteiger partial charge is 0.384 e. The first-order chi connectivity index (χ1) is 4.20. The normalized spacial score (nSPS) is 8.50. The molecule has 0 amide bonds. The van der Waals surface area contributed by atoms with Gasteiger partial charge >= 0.3 is 5.69 Å². The molecule has 0 atom stereocenters. The van der Waals surface area contributed by atoms with Crippen LogP contribution < -0.4 is 11.5 Å². The van der Waals surface area contributed by atoms with Crippen molar-refractivity contribution in [3.63, 3.8) is 0 Å². The zero-order chi connectivity index (χ0) is 6.85. The number of hydrogen-bond donors (Lipinski definition) is 1. The number of halogens is 1. The number of nitrogen functional groups attached to an aromatic ring is 1. The van der Waals surface area contributed by atoms with Gasteiger partial charge < -0.3 is 5.84 Å². The molecule has 1 aromatic rings. The van der Waals surface area contributed by atoms with Gasteiger partial charge in [0.25, 0.3) is 0 Å². The van der Waals surface area contributed by atoms with E-state index in [0.29, 0.717) is 5.69 Å². The summed E-state index contributed by atoms with van der Waals surface area (Å²) in [5.41, 5.74) is 0.0812. The Morgan fingerprint density at radius 3 is 2.60 bits per heavy atom. The number of aromatic nitrogens is 3. The fourth-order valence-corrected chi connectivity index (χ4v) is 0.456. The van der Waals surface area contributed by atoms with Gasteiger partial charge in [0, 0.05) is 0 Å². The van der Waals surface area contributed by atoms with Crippen LogP contribution in [-0.4, -0.2) is 14.9 Å². The van der Waals surface area contributed by atoms with Crippen molar-refractivity contribution >= 4 is 12.4 Å². The standard InChI is InChI=1S/C4H6N4O.ClH/c1-3-2-8(5)4(9)7-6-3;/h2H,5H2,1H3;1H. The van der Waals surface area contributed by atoms with Gasteiger partial charge in [-0.25, -0.2) is 9.47 Å². The Hall–Kier alpha value is -1.10. The lowest BCUT2D eigenvalue weighted by atomic mass is 10.6. The van der Waals surface area contributed by atoms with Crippen molar-refractivity contribution in [3.05, 3.63) is 22.4 Å². The summed E-state index contributed by atoms with van der Waals surface area (Å²) < 4.78 is 0.891. The second kappa shape index (κ2) is 3.17. The lowest BCUT2D eigenvalue weighted by Gasteiger charge is -1.92. The van der Waals surface area contributed by atoms with E-state index in [1.807, 2.05) is 0 Å². The topological polar surface area (TPSA) is 73.8 Å². The van der Waals surface area contributed by atoms with Crippen molar-refractivity contribution in [2.45, 2.75) is 6.92 Å². The maximum atomic E-state index is 10.4. The van der Waals surface area contributed by atoms with Crippen molar-refractivity contribution in [1.82, 2.24) is 14.9 Å². The molecule has 5 nitrogen and oxygen atoms in total. The SMILES string of the molecule is Cc1cn(N)c(=O)nn1.Cl. The molecule has 0 saturated carbocycles. The number of nitrogens with zero attached hydrogens (tertiary/aromatic N) is 3. The molecule has 0 radical (unpaired) electrons. The molecule has 0 aliphatic carbocycles. The van der Waals surface area contributed by atoms with Crippen molar-refractivity contribution < 1.29 is 0 Å². The number of rotatable bonds is 0. The Kier molecular flexibility index (Phi) is 2.82. The molecule has 0 saturated heterocycles. The molecule has 2 N–H and O–H groups in total. The number of nitrogens with two attached hydrogens (primary N) is 1. The molecule has 0 fully saturated rings. The second-order valence-electron chi connectivity index (χ2n) is 1.66. The highest BCUT2D eigenvalue weighted by Crippen LogP contribution is 1.77. The van der Waals surface area contributed by atoms with Crippen molar-refractivity contribution in [2.24, 2.45) is 0 Å². The summed E-state index contributed by atoms with van der Waals surface area (Å²) in [7, 11) is 0. The van der Waals surface area contributed by atoms with E-state index in [9.17, 15) is 4.79 Å². The van der Waals surface area contributed by atoms with Gasteiger partial charge in [0.2, 0.25) is 0 Å². The van der Waals surface area contributed by atoms with Gasteiger partial charge in [-0.15, -0.1) is 17.5 Å². The lowest BCUT2D eigenvalue weighted by molar-refractivity contribution is 0.778. The molecule has 1 aromatic heterocycles. The third-order valence-electron chi connectivity index (χ3n) is 0.840. The van der Waals surface area contributed by atoms with E-state index in [2.05, 4.69) is 10.2 Å². The van der Waals surface area contributed by atoms with E-state index in [1.54, 1.807) is 6.92 Å². The minimum absolute atomic E-state index is 0. The van der Waals surface area contributed by atoms with E-state index in [0.717, 1.165) is 4.68 Å². The van der Waals surface area contributed by atoms with Crippen molar-refractivity contribution in [2.75, 3.05) is 5.84 Å². The minimum atomic E-state index is -0.541. The fourth-order valence-electron chi connectivity index (χ4n) is 0.456. The molecule has 0 unspecified atom stereocenters. The number of hydrogen-bond acceptors (Lipinski definition) is 4. The molecule has 0 spiro atoms. The van der Waals surface area contributed by atoms with Crippen molar-refractivity contribution in [3.8, 4) is 0 Å². The molecular formula is C4H7ClN4O. The lowest BCUT2D eigenvalue weighted by Crippen LogP contribution is -2.29. The summed E-state index contributed by atoms with van der Waals surface area (Å²) in [5, 5.41) is 6.69. The van der Waals surface area contributed by atoms with Gasteiger partial charge in [-0.2, -0.15) is 0 Å². The molecular weight excluding hydrogens is 156 g/mol. The fraction of sp³-hybridized carbons (Fsp3) is 0.250. The van der Waals surface area contributed by atoms with Crippen LogP contribution >= 0.6 is 12.4 Å². The van der Waals surface area contributed by atoms with Gasteiger partial charge in [0.05, 0.1) is 11.9 Å². The first-order valence-electron chi connectivity index (χ1n) is 2.38. The van der Waals surface area contributed by atoms with Gasteiger partial charge in [-0.1, -0.05) is 5.10 Å². The van der Waals surface area contributed by atoms with E-state index < -0.39 is 5.69 Å². The zero-order valence-corrected chi connectivity index (χ0v) is 6.13. The quantitative estimate of drug-likeness (QED) is 0.501. The summed E-state index contributed by atoms with van der Waals surface area (Å²) >= 11 is 0. The summed E-state index contributed by atoms with van der Waals surface area (Å²) in [4.78, 5) is 10.4. The van der Waals surface area contributed by atoms with E-state index >= 15 is 0 Å². The highest BCUT2D eigenvalue weighted by molar-refractivity contribution is 5.85. The first kappa shape index (κ1) is 8.90. The summed E-state index contributed by atoms with van der Waals surface area (Å²) in [5.74, 6) is 5.12. The average Bonchev–Trinajstić information content (AvgIpc) is 1.80. The molecule has 1 heterocycles.